The number of carbonyl (C=O) groups is 2. The third-order valence-corrected chi connectivity index (χ3v) is 2.73. The van der Waals surface area contributed by atoms with Gasteiger partial charge in [-0.2, -0.15) is 5.48 Å². The lowest BCUT2D eigenvalue weighted by Crippen LogP contribution is -2.52. The van der Waals surface area contributed by atoms with Gasteiger partial charge in [-0.3, -0.25) is 0 Å². The summed E-state index contributed by atoms with van der Waals surface area (Å²) in [6.45, 7) is 5.25. The van der Waals surface area contributed by atoms with Crippen molar-refractivity contribution in [3.8, 4) is 0 Å². The first-order valence-electron chi connectivity index (χ1n) is 6.74. The maximum atomic E-state index is 11.8. The van der Waals surface area contributed by atoms with Gasteiger partial charge >= 0.3 is 6.09 Å². The molecule has 116 valence electrons. The van der Waals surface area contributed by atoms with E-state index in [1.165, 1.54) is 0 Å². The molecule has 0 aliphatic heterocycles. The molecule has 1 amide bonds. The number of benzene rings is 1. The summed E-state index contributed by atoms with van der Waals surface area (Å²) < 4.78 is 5.17. The molecule has 0 heterocycles. The maximum absolute atomic E-state index is 11.8. The van der Waals surface area contributed by atoms with Crippen molar-refractivity contribution >= 4 is 12.4 Å². The zero-order valence-electron chi connectivity index (χ0n) is 12.5. The van der Waals surface area contributed by atoms with E-state index in [0.717, 1.165) is 5.56 Å². The van der Waals surface area contributed by atoms with E-state index in [9.17, 15) is 9.59 Å². The van der Waals surface area contributed by atoms with E-state index in [2.05, 4.69) is 5.32 Å². The summed E-state index contributed by atoms with van der Waals surface area (Å²) in [6.07, 6.45) is 0.299. The van der Waals surface area contributed by atoms with Crippen molar-refractivity contribution in [3.05, 3.63) is 35.9 Å². The summed E-state index contributed by atoms with van der Waals surface area (Å²) in [5.41, 5.74) is 2.20. The number of rotatable bonds is 6. The first-order valence-corrected chi connectivity index (χ1v) is 6.74. The summed E-state index contributed by atoms with van der Waals surface area (Å²) in [6, 6.07) is 7.82. The molecule has 3 N–H and O–H groups in total. The highest BCUT2D eigenvalue weighted by atomic mass is 16.6. The van der Waals surface area contributed by atoms with Gasteiger partial charge in [-0.05, 0) is 32.8 Å². The molecular formula is C15H22N2O4. The van der Waals surface area contributed by atoms with Crippen LogP contribution >= 0.6 is 0 Å². The van der Waals surface area contributed by atoms with E-state index in [4.69, 9.17) is 9.94 Å². The van der Waals surface area contributed by atoms with Crippen LogP contribution in [0.2, 0.25) is 0 Å². The van der Waals surface area contributed by atoms with Gasteiger partial charge in [0.1, 0.15) is 17.9 Å². The Morgan fingerprint density at radius 2 is 1.95 bits per heavy atom. The highest BCUT2D eigenvalue weighted by Crippen LogP contribution is 2.09. The highest BCUT2D eigenvalue weighted by molar-refractivity contribution is 5.70. The molecule has 0 saturated carbocycles. The van der Waals surface area contributed by atoms with E-state index in [0.29, 0.717) is 12.7 Å². The quantitative estimate of drug-likeness (QED) is 0.549. The SMILES string of the molecule is CC(C)(C)OC(=O)NC(Cc1ccccc1)C(C=O)NO. The van der Waals surface area contributed by atoms with Gasteiger partial charge in [0.2, 0.25) is 0 Å². The Balaban J connectivity index is 2.78. The fourth-order valence-electron chi connectivity index (χ4n) is 1.81. The second kappa shape index (κ2) is 7.75. The van der Waals surface area contributed by atoms with Gasteiger partial charge in [-0.15, -0.1) is 0 Å². The Kier molecular flexibility index (Phi) is 6.33. The molecular weight excluding hydrogens is 272 g/mol. The van der Waals surface area contributed by atoms with Crippen molar-refractivity contribution in [2.75, 3.05) is 0 Å². The summed E-state index contributed by atoms with van der Waals surface area (Å²) >= 11 is 0. The number of hydrogen-bond acceptors (Lipinski definition) is 5. The van der Waals surface area contributed by atoms with Crippen LogP contribution in [0.3, 0.4) is 0 Å². The Morgan fingerprint density at radius 1 is 1.33 bits per heavy atom. The minimum absolute atomic E-state index is 0.386. The van der Waals surface area contributed by atoms with Gasteiger partial charge in [0.25, 0.3) is 0 Å². The van der Waals surface area contributed by atoms with Gasteiger partial charge in [0, 0.05) is 0 Å². The number of hydrogen-bond donors (Lipinski definition) is 3. The second-order valence-electron chi connectivity index (χ2n) is 5.73. The van der Waals surface area contributed by atoms with Crippen molar-refractivity contribution < 1.29 is 19.5 Å². The summed E-state index contributed by atoms with van der Waals surface area (Å²) in [4.78, 5) is 22.9. The summed E-state index contributed by atoms with van der Waals surface area (Å²) in [5.74, 6) is 0. The van der Waals surface area contributed by atoms with Crippen LogP contribution in [0.5, 0.6) is 0 Å². The van der Waals surface area contributed by atoms with Gasteiger partial charge in [-0.25, -0.2) is 4.79 Å². The molecule has 1 aromatic carbocycles. The van der Waals surface area contributed by atoms with Gasteiger partial charge in [0.05, 0.1) is 6.04 Å². The molecule has 6 nitrogen and oxygen atoms in total. The largest absolute Gasteiger partial charge is 0.444 e. The minimum Gasteiger partial charge on any atom is -0.444 e. The van der Waals surface area contributed by atoms with Crippen molar-refractivity contribution in [2.24, 2.45) is 0 Å². The summed E-state index contributed by atoms with van der Waals surface area (Å²) in [7, 11) is 0. The fourth-order valence-corrected chi connectivity index (χ4v) is 1.81. The lowest BCUT2D eigenvalue weighted by atomic mass is 10.0. The molecule has 0 bridgehead atoms. The van der Waals surface area contributed by atoms with Crippen LogP contribution in [0.4, 0.5) is 4.79 Å². The van der Waals surface area contributed by atoms with Crippen LogP contribution in [0.25, 0.3) is 0 Å². The molecule has 0 spiro atoms. The molecule has 0 radical (unpaired) electrons. The number of amides is 1. The Hall–Kier alpha value is -1.92. The van der Waals surface area contributed by atoms with E-state index in [-0.39, 0.29) is 0 Å². The lowest BCUT2D eigenvalue weighted by Gasteiger charge is -2.26. The minimum atomic E-state index is -0.919. The molecule has 1 aromatic rings. The third-order valence-electron chi connectivity index (χ3n) is 2.73. The molecule has 2 unspecified atom stereocenters. The third kappa shape index (κ3) is 6.37. The van der Waals surface area contributed by atoms with Crippen molar-refractivity contribution in [1.82, 2.24) is 10.8 Å². The normalized spacial score (nSPS) is 14.1. The van der Waals surface area contributed by atoms with Crippen LogP contribution in [0, 0.1) is 0 Å². The van der Waals surface area contributed by atoms with E-state index < -0.39 is 23.8 Å². The topological polar surface area (TPSA) is 87.7 Å². The Bertz CT molecular complexity index is 456. The molecule has 2 atom stereocenters. The monoisotopic (exact) mass is 294 g/mol. The molecule has 0 saturated heterocycles. The molecule has 0 fully saturated rings. The average molecular weight is 294 g/mol. The lowest BCUT2D eigenvalue weighted by molar-refractivity contribution is -0.112. The fraction of sp³-hybridized carbons (Fsp3) is 0.467. The number of nitrogens with one attached hydrogen (secondary N) is 2. The van der Waals surface area contributed by atoms with Crippen molar-refractivity contribution in [3.63, 3.8) is 0 Å². The number of hydroxylamine groups is 1. The summed E-state index contributed by atoms with van der Waals surface area (Å²) in [5, 5.41) is 11.7. The number of carbonyl (C=O) groups excluding carboxylic acids is 2. The number of ether oxygens (including phenoxy) is 1. The first-order chi connectivity index (χ1) is 9.85. The number of aldehydes is 1. The van der Waals surface area contributed by atoms with Crippen molar-refractivity contribution in [2.45, 2.75) is 44.9 Å². The Labute approximate surface area is 124 Å². The smallest absolute Gasteiger partial charge is 0.407 e. The zero-order chi connectivity index (χ0) is 15.9. The maximum Gasteiger partial charge on any atom is 0.407 e. The van der Waals surface area contributed by atoms with Crippen LogP contribution in [0.15, 0.2) is 30.3 Å². The van der Waals surface area contributed by atoms with Gasteiger partial charge in [0.15, 0.2) is 0 Å². The molecule has 1 rings (SSSR count). The van der Waals surface area contributed by atoms with Crippen LogP contribution in [-0.4, -0.2) is 35.3 Å². The zero-order valence-corrected chi connectivity index (χ0v) is 12.5. The van der Waals surface area contributed by atoms with Gasteiger partial charge in [-0.1, -0.05) is 30.3 Å². The van der Waals surface area contributed by atoms with Crippen molar-refractivity contribution in [1.29, 1.82) is 0 Å². The standard InChI is InChI=1S/C15H22N2O4/c1-15(2,3)21-14(19)16-12(13(10-18)17-20)9-11-7-5-4-6-8-11/h4-8,10,12-13,17,20H,9H2,1-3H3,(H,16,19). The first kappa shape index (κ1) is 17.1. The molecule has 6 heteroatoms. The average Bonchev–Trinajstić information content (AvgIpc) is 2.39. The predicted molar refractivity (Wildman–Crippen MR) is 78.1 cm³/mol. The van der Waals surface area contributed by atoms with E-state index >= 15 is 0 Å². The highest BCUT2D eigenvalue weighted by Gasteiger charge is 2.25. The molecule has 21 heavy (non-hydrogen) atoms. The van der Waals surface area contributed by atoms with Crippen LogP contribution in [-0.2, 0) is 16.0 Å². The van der Waals surface area contributed by atoms with E-state index in [1.54, 1.807) is 20.8 Å². The van der Waals surface area contributed by atoms with Crippen LogP contribution in [0.1, 0.15) is 26.3 Å². The predicted octanol–water partition coefficient (Wildman–Crippen LogP) is 1.67. The Morgan fingerprint density at radius 3 is 2.43 bits per heavy atom. The second-order valence-corrected chi connectivity index (χ2v) is 5.73. The molecule has 0 aromatic heterocycles. The number of alkyl carbamates (subject to hydrolysis) is 1. The van der Waals surface area contributed by atoms with Crippen LogP contribution < -0.4 is 10.8 Å². The molecule has 0 aliphatic carbocycles. The van der Waals surface area contributed by atoms with E-state index in [1.807, 2.05) is 35.8 Å². The molecule has 0 aliphatic rings. The van der Waals surface area contributed by atoms with Gasteiger partial charge < -0.3 is 20.1 Å².